The molecule has 1 atom stereocenters. The van der Waals surface area contributed by atoms with Gasteiger partial charge in [-0.3, -0.25) is 10.1 Å². The number of aryl methyl sites for hydroxylation is 2. The number of ether oxygens (including phenoxy) is 1. The van der Waals surface area contributed by atoms with Crippen LogP contribution in [0.4, 0.5) is 5.69 Å². The number of carbonyl (C=O) groups is 1. The van der Waals surface area contributed by atoms with Crippen LogP contribution in [-0.2, 0) is 4.74 Å². The molecule has 134 valence electrons. The Morgan fingerprint density at radius 1 is 1.27 bits per heavy atom. The summed E-state index contributed by atoms with van der Waals surface area (Å²) < 4.78 is 10.9. The number of hydrogen-bond acceptors (Lipinski definition) is 9. The smallest absolute Gasteiger partial charge is 0.351 e. The predicted octanol–water partition coefficient (Wildman–Crippen LogP) is 3.64. The molecule has 1 unspecified atom stereocenters. The number of nitro groups is 1. The quantitative estimate of drug-likeness (QED) is 0.377. The first kappa shape index (κ1) is 17.7. The van der Waals surface area contributed by atoms with Crippen LogP contribution in [0.15, 0.2) is 28.7 Å². The highest BCUT2D eigenvalue weighted by Crippen LogP contribution is 2.26. The van der Waals surface area contributed by atoms with Gasteiger partial charge in [-0.2, -0.15) is 0 Å². The highest BCUT2D eigenvalue weighted by atomic mass is 32.1. The molecule has 0 radical (unpaired) electrons. The number of nitro benzene ring substituents is 1. The molecule has 10 heteroatoms. The van der Waals surface area contributed by atoms with Crippen LogP contribution in [0.25, 0.3) is 11.5 Å². The van der Waals surface area contributed by atoms with Gasteiger partial charge in [-0.1, -0.05) is 0 Å². The number of non-ortho nitro benzene ring substituents is 1. The number of hydrogen-bond donors (Lipinski definition) is 0. The highest BCUT2D eigenvalue weighted by Gasteiger charge is 2.23. The van der Waals surface area contributed by atoms with Gasteiger partial charge in [0.25, 0.3) is 11.6 Å². The molecule has 0 aliphatic carbocycles. The second kappa shape index (κ2) is 7.00. The molecule has 3 rings (SSSR count). The average Bonchev–Trinajstić information content (AvgIpc) is 3.21. The third-order valence-electron chi connectivity index (χ3n) is 3.49. The second-order valence-electron chi connectivity index (χ2n) is 5.44. The fourth-order valence-electron chi connectivity index (χ4n) is 2.23. The Balaban J connectivity index is 1.73. The van der Waals surface area contributed by atoms with Crippen LogP contribution in [0.5, 0.6) is 0 Å². The van der Waals surface area contributed by atoms with Gasteiger partial charge in [-0.05, 0) is 32.9 Å². The van der Waals surface area contributed by atoms with Crippen molar-refractivity contribution in [3.63, 3.8) is 0 Å². The maximum atomic E-state index is 12.2. The van der Waals surface area contributed by atoms with Crippen molar-refractivity contribution >= 4 is 23.0 Å². The van der Waals surface area contributed by atoms with Crippen LogP contribution in [0.1, 0.15) is 39.3 Å². The molecule has 0 aliphatic rings. The van der Waals surface area contributed by atoms with Crippen molar-refractivity contribution in [2.24, 2.45) is 0 Å². The van der Waals surface area contributed by atoms with E-state index in [4.69, 9.17) is 9.15 Å². The number of esters is 1. The van der Waals surface area contributed by atoms with E-state index in [-0.39, 0.29) is 17.5 Å². The Kier molecular flexibility index (Phi) is 4.76. The van der Waals surface area contributed by atoms with Gasteiger partial charge in [-0.25, -0.2) is 9.78 Å². The first-order chi connectivity index (χ1) is 12.3. The van der Waals surface area contributed by atoms with Gasteiger partial charge < -0.3 is 9.15 Å². The Morgan fingerprint density at radius 3 is 2.54 bits per heavy atom. The van der Waals surface area contributed by atoms with Crippen LogP contribution in [0.2, 0.25) is 0 Å². The van der Waals surface area contributed by atoms with Gasteiger partial charge in [0.15, 0.2) is 6.10 Å². The van der Waals surface area contributed by atoms with E-state index in [1.54, 1.807) is 13.8 Å². The molecule has 0 saturated heterocycles. The lowest BCUT2D eigenvalue weighted by atomic mass is 10.2. The summed E-state index contributed by atoms with van der Waals surface area (Å²) in [6.07, 6.45) is -0.747. The fourth-order valence-corrected chi connectivity index (χ4v) is 3.03. The van der Waals surface area contributed by atoms with Crippen LogP contribution >= 0.6 is 11.3 Å². The van der Waals surface area contributed by atoms with E-state index in [9.17, 15) is 14.9 Å². The first-order valence-corrected chi connectivity index (χ1v) is 8.40. The molecular weight excluding hydrogens is 360 g/mol. The van der Waals surface area contributed by atoms with Gasteiger partial charge in [0.1, 0.15) is 4.88 Å². The third-order valence-corrected chi connectivity index (χ3v) is 4.54. The molecule has 0 amide bonds. The van der Waals surface area contributed by atoms with Gasteiger partial charge in [0.2, 0.25) is 5.89 Å². The topological polar surface area (TPSA) is 121 Å². The Morgan fingerprint density at radius 2 is 1.96 bits per heavy atom. The lowest BCUT2D eigenvalue weighted by Crippen LogP contribution is -2.09. The van der Waals surface area contributed by atoms with E-state index in [2.05, 4.69) is 15.2 Å². The molecule has 0 N–H and O–H groups in total. The standard InChI is InChI=1S/C16H14N4O5S/c1-8-13(26-10(3)17-8)16(21)24-9(2)14-18-19-15(25-14)11-4-6-12(7-5-11)20(22)23/h4-7,9H,1-3H3. The number of nitrogens with zero attached hydrogens (tertiary/aromatic N) is 4. The molecule has 0 fully saturated rings. The van der Waals surface area contributed by atoms with E-state index in [0.717, 1.165) is 5.01 Å². The summed E-state index contributed by atoms with van der Waals surface area (Å²) >= 11 is 1.26. The summed E-state index contributed by atoms with van der Waals surface area (Å²) in [7, 11) is 0. The van der Waals surface area contributed by atoms with Gasteiger partial charge >= 0.3 is 5.97 Å². The summed E-state index contributed by atoms with van der Waals surface area (Å²) in [5.74, 6) is -0.191. The molecule has 0 spiro atoms. The van der Waals surface area contributed by atoms with Gasteiger partial charge in [-0.15, -0.1) is 21.5 Å². The zero-order valence-electron chi connectivity index (χ0n) is 14.1. The van der Waals surface area contributed by atoms with E-state index in [1.165, 1.54) is 35.6 Å². The summed E-state index contributed by atoms with van der Waals surface area (Å²) in [5, 5.41) is 19.2. The monoisotopic (exact) mass is 374 g/mol. The van der Waals surface area contributed by atoms with Crippen LogP contribution in [-0.4, -0.2) is 26.1 Å². The van der Waals surface area contributed by atoms with Gasteiger partial charge in [0.05, 0.1) is 15.6 Å². The average molecular weight is 374 g/mol. The molecule has 0 bridgehead atoms. The third kappa shape index (κ3) is 3.59. The molecule has 2 heterocycles. The molecule has 0 saturated carbocycles. The minimum Gasteiger partial charge on any atom is -0.448 e. The zero-order valence-corrected chi connectivity index (χ0v) is 14.9. The van der Waals surface area contributed by atoms with Crippen molar-refractivity contribution in [3.8, 4) is 11.5 Å². The molecule has 2 aromatic heterocycles. The normalized spacial score (nSPS) is 12.0. The molecule has 1 aromatic carbocycles. The molecule has 26 heavy (non-hydrogen) atoms. The summed E-state index contributed by atoms with van der Waals surface area (Å²) in [6.45, 7) is 5.17. The summed E-state index contributed by atoms with van der Waals surface area (Å²) in [4.78, 5) is 27.1. The summed E-state index contributed by atoms with van der Waals surface area (Å²) in [5.41, 5.74) is 1.11. The van der Waals surface area contributed by atoms with Crippen LogP contribution in [0, 0.1) is 24.0 Å². The Hall–Kier alpha value is -3.14. The molecular formula is C16H14N4O5S. The van der Waals surface area contributed by atoms with Crippen molar-refractivity contribution in [2.75, 3.05) is 0 Å². The number of rotatable bonds is 5. The maximum absolute atomic E-state index is 12.2. The van der Waals surface area contributed by atoms with Gasteiger partial charge in [0, 0.05) is 17.7 Å². The van der Waals surface area contributed by atoms with E-state index >= 15 is 0 Å². The lowest BCUT2D eigenvalue weighted by Gasteiger charge is -2.08. The van der Waals surface area contributed by atoms with E-state index < -0.39 is 17.0 Å². The number of thiazole rings is 1. The fraction of sp³-hybridized carbons (Fsp3) is 0.250. The van der Waals surface area contributed by atoms with Crippen molar-refractivity contribution in [2.45, 2.75) is 26.9 Å². The largest absolute Gasteiger partial charge is 0.448 e. The first-order valence-electron chi connectivity index (χ1n) is 7.58. The predicted molar refractivity (Wildman–Crippen MR) is 91.8 cm³/mol. The van der Waals surface area contributed by atoms with E-state index in [0.29, 0.717) is 16.1 Å². The molecule has 9 nitrogen and oxygen atoms in total. The minimum absolute atomic E-state index is 0.0361. The lowest BCUT2D eigenvalue weighted by molar-refractivity contribution is -0.384. The second-order valence-corrected chi connectivity index (χ2v) is 6.65. The molecule has 3 aromatic rings. The van der Waals surface area contributed by atoms with Crippen LogP contribution < -0.4 is 0 Å². The van der Waals surface area contributed by atoms with E-state index in [1.807, 2.05) is 6.92 Å². The summed E-state index contributed by atoms with van der Waals surface area (Å²) in [6, 6.07) is 5.71. The minimum atomic E-state index is -0.747. The zero-order chi connectivity index (χ0) is 18.8. The SMILES string of the molecule is Cc1nc(C)c(C(=O)OC(C)c2nnc(-c3ccc([N+](=O)[O-])cc3)o2)s1. The maximum Gasteiger partial charge on any atom is 0.351 e. The number of carbonyl (C=O) groups excluding carboxylic acids is 1. The number of benzene rings is 1. The van der Waals surface area contributed by atoms with Crippen molar-refractivity contribution in [1.29, 1.82) is 0 Å². The number of aromatic nitrogens is 3. The Bertz CT molecular complexity index is 963. The Labute approximate surface area is 151 Å². The highest BCUT2D eigenvalue weighted by molar-refractivity contribution is 7.13. The van der Waals surface area contributed by atoms with Crippen molar-refractivity contribution in [1.82, 2.24) is 15.2 Å². The molecule has 0 aliphatic heterocycles. The van der Waals surface area contributed by atoms with Crippen molar-refractivity contribution in [3.05, 3.63) is 55.8 Å². The van der Waals surface area contributed by atoms with Crippen molar-refractivity contribution < 1.29 is 18.9 Å². The van der Waals surface area contributed by atoms with Crippen LogP contribution in [0.3, 0.4) is 0 Å².